The number of sulfonamides is 1. The van der Waals surface area contributed by atoms with Crippen molar-refractivity contribution in [1.29, 1.82) is 0 Å². The molecule has 2 aromatic rings. The summed E-state index contributed by atoms with van der Waals surface area (Å²) in [5.74, 6) is 0.132. The normalized spacial score (nSPS) is 22.1. The van der Waals surface area contributed by atoms with E-state index in [1.807, 2.05) is 6.08 Å². The third-order valence-corrected chi connectivity index (χ3v) is 7.93. The molecule has 0 radical (unpaired) electrons. The first kappa shape index (κ1) is 18.7. The third kappa shape index (κ3) is 3.44. The minimum atomic E-state index is -3.67. The molecule has 1 fully saturated rings. The molecule has 0 bridgehead atoms. The van der Waals surface area contributed by atoms with Gasteiger partial charge in [-0.05, 0) is 37.3 Å². The highest BCUT2D eigenvalue weighted by Gasteiger charge is 2.34. The molecular weight excluding hydrogens is 385 g/mol. The zero-order valence-electron chi connectivity index (χ0n) is 14.8. The molecule has 6 heteroatoms. The zero-order valence-corrected chi connectivity index (χ0v) is 16.4. The topological polar surface area (TPSA) is 37.4 Å². The first-order valence-corrected chi connectivity index (χ1v) is 11.0. The summed E-state index contributed by atoms with van der Waals surface area (Å²) < 4.78 is 42.0. The second-order valence-corrected chi connectivity index (χ2v) is 9.45. The van der Waals surface area contributed by atoms with E-state index in [0.29, 0.717) is 29.8 Å². The highest BCUT2D eigenvalue weighted by Crippen LogP contribution is 2.37. The number of benzene rings is 2. The summed E-state index contributed by atoms with van der Waals surface area (Å²) in [5, 5.41) is 1.63. The van der Waals surface area contributed by atoms with Gasteiger partial charge in [-0.15, -0.1) is 0 Å². The molecule has 2 aliphatic rings. The van der Waals surface area contributed by atoms with Gasteiger partial charge in [0.05, 0.1) is 4.90 Å². The first-order chi connectivity index (χ1) is 13.0. The molecule has 1 aliphatic carbocycles. The van der Waals surface area contributed by atoms with Crippen LogP contribution >= 0.6 is 11.6 Å². The summed E-state index contributed by atoms with van der Waals surface area (Å²) in [6.07, 6.45) is 8.67. The van der Waals surface area contributed by atoms with Gasteiger partial charge < -0.3 is 0 Å². The molecule has 0 N–H and O–H groups in total. The summed E-state index contributed by atoms with van der Waals surface area (Å²) in [6.45, 7) is 0.903. The molecule has 1 heterocycles. The number of nitrogens with zero attached hydrogens (tertiary/aromatic N) is 1. The second kappa shape index (κ2) is 7.38. The molecule has 27 heavy (non-hydrogen) atoms. The van der Waals surface area contributed by atoms with Crippen molar-refractivity contribution in [1.82, 2.24) is 4.31 Å². The standard InChI is InChI=1S/C21H21ClFNO2S/c22-19-8-4-3-5-16(19)15-11-13-24(14-12-15)27(25,26)21-10-9-20(23)17-6-1-2-7-18(17)21/h1-3,5-10,15-16H,4,11-14H2. The van der Waals surface area contributed by atoms with Crippen molar-refractivity contribution in [3.05, 3.63) is 65.5 Å². The first-order valence-electron chi connectivity index (χ1n) is 9.18. The molecular formula is C21H21ClFNO2S. The fourth-order valence-electron chi connectivity index (χ4n) is 4.09. The SMILES string of the molecule is O=S(=O)(c1ccc(F)c2ccccc12)N1CCC(C2C=CCC=C2Cl)CC1. The minimum Gasteiger partial charge on any atom is -0.207 e. The average Bonchev–Trinajstić information content (AvgIpc) is 2.69. The Kier molecular flexibility index (Phi) is 5.10. The Morgan fingerprint density at radius 3 is 2.44 bits per heavy atom. The number of fused-ring (bicyclic) bond motifs is 1. The van der Waals surface area contributed by atoms with Crippen molar-refractivity contribution in [2.24, 2.45) is 11.8 Å². The third-order valence-electron chi connectivity index (χ3n) is 5.57. The van der Waals surface area contributed by atoms with Crippen molar-refractivity contribution >= 4 is 32.4 Å². The second-order valence-electron chi connectivity index (χ2n) is 7.11. The Morgan fingerprint density at radius 2 is 1.74 bits per heavy atom. The zero-order chi connectivity index (χ0) is 19.0. The van der Waals surface area contributed by atoms with Crippen LogP contribution < -0.4 is 0 Å². The van der Waals surface area contributed by atoms with E-state index in [1.165, 1.54) is 16.4 Å². The molecule has 2 aromatic carbocycles. The molecule has 3 nitrogen and oxygen atoms in total. The molecule has 0 amide bonds. The van der Waals surface area contributed by atoms with Crippen LogP contribution in [0.25, 0.3) is 10.8 Å². The van der Waals surface area contributed by atoms with Gasteiger partial charge in [0.15, 0.2) is 0 Å². The molecule has 4 rings (SSSR count). The highest BCUT2D eigenvalue weighted by molar-refractivity contribution is 7.89. The van der Waals surface area contributed by atoms with Crippen molar-refractivity contribution in [2.45, 2.75) is 24.2 Å². The van der Waals surface area contributed by atoms with Gasteiger partial charge in [0.25, 0.3) is 0 Å². The fraction of sp³-hybridized carbons (Fsp3) is 0.333. The summed E-state index contributed by atoms with van der Waals surface area (Å²) in [5.41, 5.74) is 0. The number of hydrogen-bond donors (Lipinski definition) is 0. The van der Waals surface area contributed by atoms with Crippen LogP contribution in [-0.4, -0.2) is 25.8 Å². The van der Waals surface area contributed by atoms with E-state index in [9.17, 15) is 12.8 Å². The lowest BCUT2D eigenvalue weighted by Crippen LogP contribution is -2.40. The van der Waals surface area contributed by atoms with Crippen LogP contribution in [-0.2, 0) is 10.0 Å². The van der Waals surface area contributed by atoms with Crippen LogP contribution in [0.1, 0.15) is 19.3 Å². The lowest BCUT2D eigenvalue weighted by molar-refractivity contribution is 0.248. The number of allylic oxidation sites excluding steroid dienone is 4. The molecule has 142 valence electrons. The Labute approximate surface area is 164 Å². The lowest BCUT2D eigenvalue weighted by Gasteiger charge is -2.35. The van der Waals surface area contributed by atoms with Crippen molar-refractivity contribution in [3.63, 3.8) is 0 Å². The van der Waals surface area contributed by atoms with Gasteiger partial charge in [0.2, 0.25) is 10.0 Å². The Balaban J connectivity index is 1.58. The average molecular weight is 406 g/mol. The smallest absolute Gasteiger partial charge is 0.207 e. The summed E-state index contributed by atoms with van der Waals surface area (Å²) >= 11 is 6.36. The van der Waals surface area contributed by atoms with Crippen LogP contribution in [0.5, 0.6) is 0 Å². The molecule has 1 aliphatic heterocycles. The number of piperidine rings is 1. The van der Waals surface area contributed by atoms with Gasteiger partial charge >= 0.3 is 0 Å². The maximum absolute atomic E-state index is 14.1. The van der Waals surface area contributed by atoms with Gasteiger partial charge in [-0.2, -0.15) is 4.31 Å². The largest absolute Gasteiger partial charge is 0.243 e. The van der Waals surface area contributed by atoms with E-state index in [1.54, 1.807) is 24.3 Å². The summed E-state index contributed by atoms with van der Waals surface area (Å²) in [6, 6.07) is 9.33. The minimum absolute atomic E-state index is 0.174. The monoisotopic (exact) mass is 405 g/mol. The predicted molar refractivity (Wildman–Crippen MR) is 107 cm³/mol. The summed E-state index contributed by atoms with van der Waals surface area (Å²) in [4.78, 5) is 0.174. The molecule has 0 aromatic heterocycles. The van der Waals surface area contributed by atoms with Crippen molar-refractivity contribution in [2.75, 3.05) is 13.1 Å². The van der Waals surface area contributed by atoms with E-state index in [4.69, 9.17) is 11.6 Å². The molecule has 1 saturated heterocycles. The van der Waals surface area contributed by atoms with E-state index in [0.717, 1.165) is 24.3 Å². The van der Waals surface area contributed by atoms with E-state index in [2.05, 4.69) is 12.2 Å². The molecule has 0 saturated carbocycles. The van der Waals surface area contributed by atoms with Crippen molar-refractivity contribution in [3.8, 4) is 0 Å². The van der Waals surface area contributed by atoms with E-state index >= 15 is 0 Å². The van der Waals surface area contributed by atoms with Crippen LogP contribution in [0.3, 0.4) is 0 Å². The number of halogens is 2. The fourth-order valence-corrected chi connectivity index (χ4v) is 6.10. The summed E-state index contributed by atoms with van der Waals surface area (Å²) in [7, 11) is -3.67. The molecule has 1 unspecified atom stereocenters. The van der Waals surface area contributed by atoms with Gasteiger partial charge in [-0.3, -0.25) is 0 Å². The van der Waals surface area contributed by atoms with E-state index < -0.39 is 15.8 Å². The van der Waals surface area contributed by atoms with Gasteiger partial charge in [0, 0.05) is 34.8 Å². The van der Waals surface area contributed by atoms with Gasteiger partial charge in [0.1, 0.15) is 5.82 Å². The van der Waals surface area contributed by atoms with Gasteiger partial charge in [-0.1, -0.05) is 54.1 Å². The quantitative estimate of drug-likeness (QED) is 0.668. The Bertz CT molecular complexity index is 1020. The molecule has 0 spiro atoms. The number of rotatable bonds is 3. The van der Waals surface area contributed by atoms with Crippen LogP contribution in [0.15, 0.2) is 64.6 Å². The maximum atomic E-state index is 14.1. The maximum Gasteiger partial charge on any atom is 0.243 e. The predicted octanol–water partition coefficient (Wildman–Crippen LogP) is 5.08. The Hall–Kier alpha value is -1.69. The van der Waals surface area contributed by atoms with Crippen LogP contribution in [0.4, 0.5) is 4.39 Å². The lowest BCUT2D eigenvalue weighted by atomic mass is 9.82. The van der Waals surface area contributed by atoms with Crippen LogP contribution in [0.2, 0.25) is 0 Å². The van der Waals surface area contributed by atoms with Crippen LogP contribution in [0, 0.1) is 17.7 Å². The van der Waals surface area contributed by atoms with Crippen molar-refractivity contribution < 1.29 is 12.8 Å². The van der Waals surface area contributed by atoms with Gasteiger partial charge in [-0.25, -0.2) is 12.8 Å². The highest BCUT2D eigenvalue weighted by atomic mass is 35.5. The Morgan fingerprint density at radius 1 is 1.04 bits per heavy atom. The molecule has 1 atom stereocenters. The van der Waals surface area contributed by atoms with E-state index in [-0.39, 0.29) is 10.8 Å². The number of hydrogen-bond acceptors (Lipinski definition) is 2.